The van der Waals surface area contributed by atoms with Crippen LogP contribution in [0.25, 0.3) is 0 Å². The second-order valence-electron chi connectivity index (χ2n) is 3.66. The topological polar surface area (TPSA) is 21.3 Å². The Labute approximate surface area is 109 Å². The Kier molecular flexibility index (Phi) is 6.29. The predicted molar refractivity (Wildman–Crippen MR) is 66.1 cm³/mol. The first-order valence-corrected chi connectivity index (χ1v) is 6.12. The summed E-state index contributed by atoms with van der Waals surface area (Å²) in [4.78, 5) is 0. The lowest BCUT2D eigenvalue weighted by molar-refractivity contribution is -0.137. The first-order valence-electron chi connectivity index (χ1n) is 5.59. The minimum Gasteiger partial charge on any atom is -0.385 e. The number of alkyl halides is 4. The molecule has 0 aliphatic heterocycles. The van der Waals surface area contributed by atoms with Gasteiger partial charge in [0.25, 0.3) is 0 Å². The molecule has 18 heavy (non-hydrogen) atoms. The van der Waals surface area contributed by atoms with Gasteiger partial charge in [0, 0.05) is 24.7 Å². The van der Waals surface area contributed by atoms with E-state index < -0.39 is 11.7 Å². The Morgan fingerprint density at radius 1 is 1.11 bits per heavy atom. The third-order valence-corrected chi connectivity index (χ3v) is 2.38. The number of benzene rings is 1. The molecule has 0 atom stereocenters. The number of anilines is 1. The van der Waals surface area contributed by atoms with Crippen molar-refractivity contribution in [3.63, 3.8) is 0 Å². The molecular weight excluding hydrogens is 267 g/mol. The van der Waals surface area contributed by atoms with Gasteiger partial charge in [-0.05, 0) is 30.7 Å². The fourth-order valence-electron chi connectivity index (χ4n) is 1.34. The maximum atomic E-state index is 12.3. The zero-order valence-electron chi connectivity index (χ0n) is 9.77. The van der Waals surface area contributed by atoms with E-state index in [1.54, 1.807) is 0 Å². The molecule has 6 heteroatoms. The van der Waals surface area contributed by atoms with Gasteiger partial charge in [-0.15, -0.1) is 11.6 Å². The lowest BCUT2D eigenvalue weighted by Crippen LogP contribution is -2.08. The van der Waals surface area contributed by atoms with Gasteiger partial charge in [0.15, 0.2) is 0 Å². The van der Waals surface area contributed by atoms with Crippen molar-refractivity contribution in [1.82, 2.24) is 0 Å². The number of ether oxygens (including phenoxy) is 1. The molecule has 0 saturated heterocycles. The van der Waals surface area contributed by atoms with Crippen molar-refractivity contribution in [1.29, 1.82) is 0 Å². The Hall–Kier alpha value is -0.940. The summed E-state index contributed by atoms with van der Waals surface area (Å²) in [5.41, 5.74) is 0.0267. The predicted octanol–water partition coefficient (Wildman–Crippen LogP) is 3.76. The minimum atomic E-state index is -4.28. The Morgan fingerprint density at radius 3 is 2.33 bits per heavy atom. The highest BCUT2D eigenvalue weighted by Gasteiger charge is 2.29. The monoisotopic (exact) mass is 281 g/mol. The number of nitrogens with one attached hydrogen (secondary N) is 1. The Bertz CT molecular complexity index is 340. The van der Waals surface area contributed by atoms with Gasteiger partial charge in [0.1, 0.15) is 0 Å². The summed E-state index contributed by atoms with van der Waals surface area (Å²) < 4.78 is 42.1. The summed E-state index contributed by atoms with van der Waals surface area (Å²) >= 11 is 5.43. The quantitative estimate of drug-likeness (QED) is 0.607. The summed E-state index contributed by atoms with van der Waals surface area (Å²) in [6.45, 7) is 1.75. The van der Waals surface area contributed by atoms with E-state index in [4.69, 9.17) is 16.3 Å². The summed E-state index contributed by atoms with van der Waals surface area (Å²) in [6.07, 6.45) is -3.51. The van der Waals surface area contributed by atoms with Crippen molar-refractivity contribution in [2.45, 2.75) is 12.6 Å². The van der Waals surface area contributed by atoms with Gasteiger partial charge in [-0.1, -0.05) is 0 Å². The van der Waals surface area contributed by atoms with Crippen LogP contribution in [0, 0.1) is 0 Å². The largest absolute Gasteiger partial charge is 0.416 e. The van der Waals surface area contributed by atoms with E-state index >= 15 is 0 Å². The first-order chi connectivity index (χ1) is 8.54. The van der Waals surface area contributed by atoms with Crippen LogP contribution in [-0.2, 0) is 10.9 Å². The van der Waals surface area contributed by atoms with Crippen LogP contribution in [0.5, 0.6) is 0 Å². The van der Waals surface area contributed by atoms with Gasteiger partial charge in [-0.25, -0.2) is 0 Å². The van der Waals surface area contributed by atoms with Crippen LogP contribution < -0.4 is 5.32 Å². The molecule has 1 N–H and O–H groups in total. The zero-order chi connectivity index (χ0) is 13.4. The molecule has 0 saturated carbocycles. The van der Waals surface area contributed by atoms with Crippen LogP contribution in [0.1, 0.15) is 12.0 Å². The fraction of sp³-hybridized carbons (Fsp3) is 0.500. The van der Waals surface area contributed by atoms with Crippen LogP contribution >= 0.6 is 11.6 Å². The van der Waals surface area contributed by atoms with Crippen molar-refractivity contribution in [2.75, 3.05) is 31.0 Å². The summed E-state index contributed by atoms with van der Waals surface area (Å²) in [5, 5.41) is 3.02. The van der Waals surface area contributed by atoms with Gasteiger partial charge in [0.2, 0.25) is 0 Å². The minimum absolute atomic E-state index is 0.465. The molecule has 1 rings (SSSR count). The molecule has 0 radical (unpaired) electrons. The molecule has 0 aliphatic carbocycles. The fourth-order valence-corrected chi connectivity index (χ4v) is 1.45. The van der Waals surface area contributed by atoms with Crippen LogP contribution in [-0.4, -0.2) is 25.6 Å². The lowest BCUT2D eigenvalue weighted by Gasteiger charge is -2.09. The van der Waals surface area contributed by atoms with Crippen molar-refractivity contribution in [2.24, 2.45) is 0 Å². The molecular formula is C12H15ClF3NO. The van der Waals surface area contributed by atoms with E-state index in [9.17, 15) is 13.2 Å². The van der Waals surface area contributed by atoms with E-state index in [1.165, 1.54) is 12.1 Å². The van der Waals surface area contributed by atoms with Crippen molar-refractivity contribution in [3.8, 4) is 0 Å². The molecule has 2 nitrogen and oxygen atoms in total. The summed E-state index contributed by atoms with van der Waals surface area (Å²) in [6, 6.07) is 4.96. The molecule has 1 aromatic rings. The molecule has 0 unspecified atom stereocenters. The molecule has 0 aromatic heterocycles. The average molecular weight is 282 g/mol. The highest BCUT2D eigenvalue weighted by Crippen LogP contribution is 2.29. The zero-order valence-corrected chi connectivity index (χ0v) is 10.5. The van der Waals surface area contributed by atoms with Crippen LogP contribution in [0.3, 0.4) is 0 Å². The Balaban J connectivity index is 2.27. The SMILES string of the molecule is FC(F)(F)c1ccc(NCCCOCCCl)cc1. The summed E-state index contributed by atoms with van der Waals surface area (Å²) in [7, 11) is 0. The number of rotatable bonds is 7. The maximum Gasteiger partial charge on any atom is 0.416 e. The second-order valence-corrected chi connectivity index (χ2v) is 4.03. The van der Waals surface area contributed by atoms with E-state index in [2.05, 4.69) is 5.32 Å². The number of halogens is 4. The summed E-state index contributed by atoms with van der Waals surface area (Å²) in [5.74, 6) is 0.465. The molecule has 0 bridgehead atoms. The molecule has 0 aliphatic rings. The van der Waals surface area contributed by atoms with Gasteiger partial charge in [-0.3, -0.25) is 0 Å². The van der Waals surface area contributed by atoms with Gasteiger partial charge >= 0.3 is 6.18 Å². The molecule has 1 aromatic carbocycles. The number of hydrogen-bond acceptors (Lipinski definition) is 2. The number of hydrogen-bond donors (Lipinski definition) is 1. The highest BCUT2D eigenvalue weighted by atomic mass is 35.5. The first kappa shape index (κ1) is 15.1. The van der Waals surface area contributed by atoms with E-state index in [0.717, 1.165) is 18.6 Å². The second kappa shape index (κ2) is 7.48. The maximum absolute atomic E-state index is 12.3. The Morgan fingerprint density at radius 2 is 1.78 bits per heavy atom. The lowest BCUT2D eigenvalue weighted by atomic mass is 10.2. The van der Waals surface area contributed by atoms with Crippen LogP contribution in [0.15, 0.2) is 24.3 Å². The van der Waals surface area contributed by atoms with E-state index in [-0.39, 0.29) is 0 Å². The van der Waals surface area contributed by atoms with Crippen LogP contribution in [0.2, 0.25) is 0 Å². The van der Waals surface area contributed by atoms with Gasteiger partial charge in [-0.2, -0.15) is 13.2 Å². The standard InChI is InChI=1S/C12H15ClF3NO/c13-6-9-18-8-1-7-17-11-4-2-10(3-5-11)12(14,15)16/h2-5,17H,1,6-9H2. The van der Waals surface area contributed by atoms with Gasteiger partial charge in [0.05, 0.1) is 12.2 Å². The third kappa shape index (κ3) is 5.60. The van der Waals surface area contributed by atoms with Crippen molar-refractivity contribution >= 4 is 17.3 Å². The molecule has 0 fully saturated rings. The molecule has 0 amide bonds. The normalized spacial score (nSPS) is 11.6. The molecule has 0 spiro atoms. The van der Waals surface area contributed by atoms with Crippen molar-refractivity contribution in [3.05, 3.63) is 29.8 Å². The average Bonchev–Trinajstić information content (AvgIpc) is 2.33. The molecule has 102 valence electrons. The van der Waals surface area contributed by atoms with E-state index in [1.807, 2.05) is 0 Å². The van der Waals surface area contributed by atoms with Crippen molar-refractivity contribution < 1.29 is 17.9 Å². The van der Waals surface area contributed by atoms with Crippen LogP contribution in [0.4, 0.5) is 18.9 Å². The third-order valence-electron chi connectivity index (χ3n) is 2.23. The molecule has 0 heterocycles. The van der Waals surface area contributed by atoms with E-state index in [0.29, 0.717) is 31.3 Å². The highest BCUT2D eigenvalue weighted by molar-refractivity contribution is 6.17. The smallest absolute Gasteiger partial charge is 0.385 e. The van der Waals surface area contributed by atoms with Gasteiger partial charge < -0.3 is 10.1 Å².